The summed E-state index contributed by atoms with van der Waals surface area (Å²) in [4.78, 5) is 26.8. The highest BCUT2D eigenvalue weighted by atomic mass is 79.9. The average molecular weight is 429 g/mol. The molecule has 1 atom stereocenters. The van der Waals surface area contributed by atoms with E-state index in [4.69, 9.17) is 4.74 Å². The molecule has 0 unspecified atom stereocenters. The molecule has 0 saturated heterocycles. The van der Waals surface area contributed by atoms with Crippen LogP contribution in [0.25, 0.3) is 6.08 Å². The van der Waals surface area contributed by atoms with Gasteiger partial charge in [-0.25, -0.2) is 0 Å². The predicted molar refractivity (Wildman–Crippen MR) is 109 cm³/mol. The molecule has 0 bridgehead atoms. The van der Waals surface area contributed by atoms with Gasteiger partial charge in [-0.3, -0.25) is 14.5 Å². The van der Waals surface area contributed by atoms with Gasteiger partial charge < -0.3 is 10.1 Å². The summed E-state index contributed by atoms with van der Waals surface area (Å²) in [6.07, 6.45) is 2.51. The van der Waals surface area contributed by atoms with Gasteiger partial charge in [0.2, 0.25) is 5.91 Å². The fourth-order valence-electron chi connectivity index (χ4n) is 2.73. The molecule has 6 heteroatoms. The summed E-state index contributed by atoms with van der Waals surface area (Å²) in [5.41, 5.74) is 1.42. The molecule has 2 aromatic carbocycles. The maximum Gasteiger partial charge on any atom is 0.294 e. The zero-order valence-corrected chi connectivity index (χ0v) is 16.8. The number of amides is 2. The molecule has 0 saturated carbocycles. The lowest BCUT2D eigenvalue weighted by molar-refractivity contribution is -0.123. The van der Waals surface area contributed by atoms with Gasteiger partial charge in [-0.2, -0.15) is 0 Å². The van der Waals surface area contributed by atoms with Crippen LogP contribution in [0.1, 0.15) is 25.8 Å². The van der Waals surface area contributed by atoms with Crippen molar-refractivity contribution in [3.8, 4) is 5.75 Å². The van der Waals surface area contributed by atoms with Crippen LogP contribution in [-0.4, -0.2) is 24.4 Å². The molecule has 0 radical (unpaired) electrons. The molecule has 3 rings (SSSR count). The zero-order valence-electron chi connectivity index (χ0n) is 15.2. The standard InChI is InChI=1S/C21H21BrN2O3/c1-3-14(2)23-20(25)13-24-17-9-4-5-10-18(17)27-19(21(24)26)12-15-7-6-8-16(22)11-15/h4-12,14H,3,13H2,1-2H3,(H,23,25)/b19-12+/t14-/m0/s1. The smallest absolute Gasteiger partial charge is 0.294 e. The number of benzene rings is 2. The summed E-state index contributed by atoms with van der Waals surface area (Å²) in [7, 11) is 0. The van der Waals surface area contributed by atoms with Crippen LogP contribution < -0.4 is 15.0 Å². The second-order valence-electron chi connectivity index (χ2n) is 6.40. The van der Waals surface area contributed by atoms with E-state index >= 15 is 0 Å². The minimum atomic E-state index is -0.340. The molecule has 1 aliphatic heterocycles. The summed E-state index contributed by atoms with van der Waals surface area (Å²) in [6, 6.07) is 14.8. The number of anilines is 1. The average Bonchev–Trinajstić information content (AvgIpc) is 2.65. The first-order chi connectivity index (χ1) is 13.0. The van der Waals surface area contributed by atoms with Crippen LogP contribution in [-0.2, 0) is 9.59 Å². The number of halogens is 1. The van der Waals surface area contributed by atoms with Gasteiger partial charge in [0.1, 0.15) is 6.54 Å². The minimum Gasteiger partial charge on any atom is -0.449 e. The fourth-order valence-corrected chi connectivity index (χ4v) is 3.15. The first-order valence-electron chi connectivity index (χ1n) is 8.83. The number of carbonyl (C=O) groups excluding carboxylic acids is 2. The van der Waals surface area contributed by atoms with Crippen molar-refractivity contribution >= 4 is 39.5 Å². The SMILES string of the molecule is CC[C@H](C)NC(=O)CN1C(=O)/C(=C\c2cccc(Br)c2)Oc2ccccc21. The van der Waals surface area contributed by atoms with Crippen molar-refractivity contribution in [2.75, 3.05) is 11.4 Å². The Morgan fingerprint density at radius 1 is 1.26 bits per heavy atom. The topological polar surface area (TPSA) is 58.6 Å². The molecule has 27 heavy (non-hydrogen) atoms. The van der Waals surface area contributed by atoms with E-state index < -0.39 is 0 Å². The Labute approximate surface area is 167 Å². The number of rotatable bonds is 5. The molecular weight excluding hydrogens is 408 g/mol. The first kappa shape index (κ1) is 19.2. The highest BCUT2D eigenvalue weighted by molar-refractivity contribution is 9.10. The van der Waals surface area contributed by atoms with E-state index in [2.05, 4.69) is 21.2 Å². The van der Waals surface area contributed by atoms with Gasteiger partial charge >= 0.3 is 0 Å². The molecular formula is C21H21BrN2O3. The third-order valence-electron chi connectivity index (χ3n) is 4.30. The molecule has 0 aromatic heterocycles. The Kier molecular flexibility index (Phi) is 5.96. The summed E-state index contributed by atoms with van der Waals surface area (Å²) in [6.45, 7) is 3.88. The number of carbonyl (C=O) groups is 2. The molecule has 0 spiro atoms. The van der Waals surface area contributed by atoms with Crippen LogP contribution in [0.2, 0.25) is 0 Å². The Hall–Kier alpha value is -2.60. The molecule has 0 aliphatic carbocycles. The molecule has 0 fully saturated rings. The van der Waals surface area contributed by atoms with Gasteiger partial charge in [-0.05, 0) is 49.2 Å². The zero-order chi connectivity index (χ0) is 19.4. The lowest BCUT2D eigenvalue weighted by Gasteiger charge is -2.30. The quantitative estimate of drug-likeness (QED) is 0.728. The van der Waals surface area contributed by atoms with Crippen molar-refractivity contribution in [3.63, 3.8) is 0 Å². The van der Waals surface area contributed by atoms with E-state index in [0.717, 1.165) is 16.5 Å². The van der Waals surface area contributed by atoms with Gasteiger partial charge in [0.15, 0.2) is 11.5 Å². The minimum absolute atomic E-state index is 0.0561. The maximum absolute atomic E-state index is 13.0. The number of para-hydroxylation sites is 2. The van der Waals surface area contributed by atoms with Crippen molar-refractivity contribution in [2.45, 2.75) is 26.3 Å². The molecule has 1 aliphatic rings. The second-order valence-corrected chi connectivity index (χ2v) is 7.32. The maximum atomic E-state index is 13.0. The van der Waals surface area contributed by atoms with Gasteiger partial charge in [0.05, 0.1) is 5.69 Å². The van der Waals surface area contributed by atoms with Crippen LogP contribution >= 0.6 is 15.9 Å². The Morgan fingerprint density at radius 3 is 2.78 bits per heavy atom. The summed E-state index contributed by atoms with van der Waals surface area (Å²) < 4.78 is 6.73. The monoisotopic (exact) mass is 428 g/mol. The van der Waals surface area contributed by atoms with Gasteiger partial charge in [-0.15, -0.1) is 0 Å². The molecule has 140 valence electrons. The first-order valence-corrected chi connectivity index (χ1v) is 9.62. The summed E-state index contributed by atoms with van der Waals surface area (Å²) in [5, 5.41) is 2.90. The lowest BCUT2D eigenvalue weighted by atomic mass is 10.1. The number of fused-ring (bicyclic) bond motifs is 1. The predicted octanol–water partition coefficient (Wildman–Crippen LogP) is 4.13. The van der Waals surface area contributed by atoms with E-state index in [1.54, 1.807) is 18.2 Å². The highest BCUT2D eigenvalue weighted by Gasteiger charge is 2.31. The van der Waals surface area contributed by atoms with E-state index in [9.17, 15) is 9.59 Å². The van der Waals surface area contributed by atoms with Crippen molar-refractivity contribution in [2.24, 2.45) is 0 Å². The molecule has 2 aromatic rings. The van der Waals surface area contributed by atoms with Crippen molar-refractivity contribution in [1.29, 1.82) is 0 Å². The summed E-state index contributed by atoms with van der Waals surface area (Å²) in [5.74, 6) is 0.196. The van der Waals surface area contributed by atoms with Crippen molar-refractivity contribution < 1.29 is 14.3 Å². The van der Waals surface area contributed by atoms with Gasteiger partial charge in [0.25, 0.3) is 5.91 Å². The van der Waals surface area contributed by atoms with E-state index in [1.807, 2.05) is 50.2 Å². The van der Waals surface area contributed by atoms with Crippen LogP contribution in [0.4, 0.5) is 5.69 Å². The third kappa shape index (κ3) is 4.57. The molecule has 5 nitrogen and oxygen atoms in total. The normalized spacial score (nSPS) is 15.9. The third-order valence-corrected chi connectivity index (χ3v) is 4.79. The van der Waals surface area contributed by atoms with Gasteiger partial charge in [0, 0.05) is 10.5 Å². The van der Waals surface area contributed by atoms with E-state index in [1.165, 1.54) is 4.90 Å². The number of ether oxygens (including phenoxy) is 1. The van der Waals surface area contributed by atoms with Crippen LogP contribution in [0.3, 0.4) is 0 Å². The summed E-state index contributed by atoms with van der Waals surface area (Å²) >= 11 is 3.42. The highest BCUT2D eigenvalue weighted by Crippen LogP contribution is 2.35. The van der Waals surface area contributed by atoms with Crippen molar-refractivity contribution in [1.82, 2.24) is 5.32 Å². The largest absolute Gasteiger partial charge is 0.449 e. The van der Waals surface area contributed by atoms with Crippen LogP contribution in [0.15, 0.2) is 58.8 Å². The van der Waals surface area contributed by atoms with Crippen LogP contribution in [0.5, 0.6) is 5.75 Å². The Balaban J connectivity index is 1.92. The molecule has 1 N–H and O–H groups in total. The lowest BCUT2D eigenvalue weighted by Crippen LogP contribution is -2.46. The number of hydrogen-bond acceptors (Lipinski definition) is 3. The van der Waals surface area contributed by atoms with E-state index in [0.29, 0.717) is 11.4 Å². The second kappa shape index (κ2) is 8.39. The van der Waals surface area contributed by atoms with Crippen molar-refractivity contribution in [3.05, 3.63) is 64.3 Å². The van der Waals surface area contributed by atoms with Gasteiger partial charge in [-0.1, -0.05) is 47.1 Å². The number of nitrogens with zero attached hydrogens (tertiary/aromatic N) is 1. The van der Waals surface area contributed by atoms with Crippen LogP contribution in [0, 0.1) is 0 Å². The van der Waals surface area contributed by atoms with E-state index in [-0.39, 0.29) is 30.2 Å². The Bertz CT molecular complexity index is 895. The fraction of sp³-hybridized carbons (Fsp3) is 0.238. The Morgan fingerprint density at radius 2 is 2.04 bits per heavy atom. The number of nitrogens with one attached hydrogen (secondary N) is 1. The molecule has 2 amide bonds. The molecule has 1 heterocycles. The number of hydrogen-bond donors (Lipinski definition) is 1.